The van der Waals surface area contributed by atoms with E-state index in [1.54, 1.807) is 36.7 Å². The van der Waals surface area contributed by atoms with Gasteiger partial charge in [-0.1, -0.05) is 6.07 Å². The lowest BCUT2D eigenvalue weighted by molar-refractivity contribution is 0.412. The molecule has 0 aliphatic rings. The molecule has 7 heteroatoms. The first kappa shape index (κ1) is 14.4. The quantitative estimate of drug-likeness (QED) is 0.691. The third-order valence-electron chi connectivity index (χ3n) is 3.23. The van der Waals surface area contributed by atoms with Crippen LogP contribution in [0.4, 0.5) is 0 Å². The lowest BCUT2D eigenvalue weighted by Gasteiger charge is -2.08. The average molecular weight is 318 g/mol. The molecule has 1 aromatic heterocycles. The van der Waals surface area contributed by atoms with E-state index in [4.69, 9.17) is 8.92 Å². The smallest absolute Gasteiger partial charge is 0.339 e. The molecular formula is C15H14N2O4S. The molecule has 0 saturated carbocycles. The van der Waals surface area contributed by atoms with Crippen LogP contribution in [0.5, 0.6) is 11.5 Å². The molecule has 0 atom stereocenters. The minimum atomic E-state index is -3.92. The van der Waals surface area contributed by atoms with Crippen molar-refractivity contribution in [3.05, 3.63) is 48.8 Å². The van der Waals surface area contributed by atoms with Crippen LogP contribution in [0.3, 0.4) is 0 Å². The zero-order chi connectivity index (χ0) is 15.7. The van der Waals surface area contributed by atoms with Gasteiger partial charge in [-0.2, -0.15) is 8.42 Å². The second-order valence-corrected chi connectivity index (χ2v) is 6.27. The number of hydrogen-bond acceptors (Lipinski definition) is 5. The van der Waals surface area contributed by atoms with Gasteiger partial charge < -0.3 is 13.5 Å². The van der Waals surface area contributed by atoms with E-state index in [2.05, 4.69) is 4.98 Å². The van der Waals surface area contributed by atoms with Crippen LogP contribution in [0, 0.1) is 0 Å². The van der Waals surface area contributed by atoms with Gasteiger partial charge in [-0.15, -0.1) is 0 Å². The molecule has 0 spiro atoms. The Balaban J connectivity index is 1.95. The van der Waals surface area contributed by atoms with Gasteiger partial charge >= 0.3 is 10.1 Å². The van der Waals surface area contributed by atoms with Crippen LogP contribution in [0.1, 0.15) is 0 Å². The molecule has 3 rings (SSSR count). The van der Waals surface area contributed by atoms with Gasteiger partial charge in [0.2, 0.25) is 0 Å². The molecule has 1 heterocycles. The number of aryl methyl sites for hydroxylation is 1. The normalized spacial score (nSPS) is 11.5. The fourth-order valence-corrected chi connectivity index (χ4v) is 3.06. The number of rotatable bonds is 4. The Hall–Kier alpha value is -2.54. The second-order valence-electron chi connectivity index (χ2n) is 4.72. The van der Waals surface area contributed by atoms with Gasteiger partial charge in [-0.25, -0.2) is 4.98 Å². The van der Waals surface area contributed by atoms with E-state index in [0.717, 1.165) is 5.52 Å². The Labute approximate surface area is 128 Å². The van der Waals surface area contributed by atoms with Crippen LogP contribution in [0.15, 0.2) is 53.7 Å². The van der Waals surface area contributed by atoms with Crippen molar-refractivity contribution in [3.8, 4) is 11.5 Å². The summed E-state index contributed by atoms with van der Waals surface area (Å²) < 4.78 is 36.7. The first-order valence-corrected chi connectivity index (χ1v) is 7.90. The molecule has 0 saturated heterocycles. The second kappa shape index (κ2) is 5.34. The first-order valence-electron chi connectivity index (χ1n) is 6.49. The van der Waals surface area contributed by atoms with E-state index in [9.17, 15) is 8.42 Å². The van der Waals surface area contributed by atoms with Crippen molar-refractivity contribution in [1.82, 2.24) is 9.55 Å². The Bertz CT molecular complexity index is 932. The van der Waals surface area contributed by atoms with Gasteiger partial charge in [0, 0.05) is 19.2 Å². The zero-order valence-electron chi connectivity index (χ0n) is 12.1. The van der Waals surface area contributed by atoms with E-state index in [1.165, 1.54) is 19.2 Å². The Morgan fingerprint density at radius 2 is 1.91 bits per heavy atom. The molecule has 0 aliphatic heterocycles. The van der Waals surface area contributed by atoms with E-state index in [1.807, 2.05) is 11.6 Å². The van der Waals surface area contributed by atoms with Crippen molar-refractivity contribution in [2.45, 2.75) is 4.90 Å². The van der Waals surface area contributed by atoms with Crippen LogP contribution in [0.2, 0.25) is 0 Å². The highest BCUT2D eigenvalue weighted by Crippen LogP contribution is 2.24. The molecule has 2 aromatic carbocycles. The predicted octanol–water partition coefficient (Wildman–Crippen LogP) is 2.35. The SMILES string of the molecule is COc1cccc(S(=O)(=O)Oc2ccc3c(c2)ncn3C)c1. The highest BCUT2D eigenvalue weighted by atomic mass is 32.2. The zero-order valence-corrected chi connectivity index (χ0v) is 12.9. The van der Waals surface area contributed by atoms with Gasteiger partial charge in [0.15, 0.2) is 0 Å². The van der Waals surface area contributed by atoms with Crippen LogP contribution < -0.4 is 8.92 Å². The molecule has 0 bridgehead atoms. The molecule has 0 N–H and O–H groups in total. The Morgan fingerprint density at radius 1 is 1.09 bits per heavy atom. The molecule has 0 radical (unpaired) electrons. The van der Waals surface area contributed by atoms with Crippen molar-refractivity contribution < 1.29 is 17.3 Å². The van der Waals surface area contributed by atoms with Crippen LogP contribution >= 0.6 is 0 Å². The molecule has 6 nitrogen and oxygen atoms in total. The predicted molar refractivity (Wildman–Crippen MR) is 81.5 cm³/mol. The third kappa shape index (κ3) is 2.62. The minimum absolute atomic E-state index is 0.0352. The molecule has 3 aromatic rings. The summed E-state index contributed by atoms with van der Waals surface area (Å²) in [5.41, 5.74) is 1.56. The van der Waals surface area contributed by atoms with Crippen molar-refractivity contribution >= 4 is 21.2 Å². The number of ether oxygens (including phenoxy) is 1. The molecular weight excluding hydrogens is 304 g/mol. The van der Waals surface area contributed by atoms with Crippen molar-refractivity contribution in [3.63, 3.8) is 0 Å². The van der Waals surface area contributed by atoms with Crippen molar-refractivity contribution in [2.24, 2.45) is 7.05 Å². The number of hydrogen-bond donors (Lipinski definition) is 0. The van der Waals surface area contributed by atoms with Gasteiger partial charge in [-0.05, 0) is 24.3 Å². The number of imidazole rings is 1. The number of methoxy groups -OCH3 is 1. The standard InChI is InChI=1S/C15H14N2O4S/c1-17-10-16-14-9-12(6-7-15(14)17)21-22(18,19)13-5-3-4-11(8-13)20-2/h3-10H,1-2H3. The van der Waals surface area contributed by atoms with Crippen LogP contribution in [-0.4, -0.2) is 25.1 Å². The minimum Gasteiger partial charge on any atom is -0.497 e. The fourth-order valence-electron chi connectivity index (χ4n) is 2.10. The summed E-state index contributed by atoms with van der Waals surface area (Å²) in [5, 5.41) is 0. The molecule has 0 amide bonds. The summed E-state index contributed by atoms with van der Waals surface area (Å²) >= 11 is 0. The van der Waals surface area contributed by atoms with Gasteiger partial charge in [0.25, 0.3) is 0 Å². The van der Waals surface area contributed by atoms with E-state index < -0.39 is 10.1 Å². The highest BCUT2D eigenvalue weighted by Gasteiger charge is 2.18. The third-order valence-corrected chi connectivity index (χ3v) is 4.48. The maximum Gasteiger partial charge on any atom is 0.339 e. The molecule has 0 unspecified atom stereocenters. The van der Waals surface area contributed by atoms with E-state index in [0.29, 0.717) is 11.3 Å². The Kier molecular flexibility index (Phi) is 3.50. The summed E-state index contributed by atoms with van der Waals surface area (Å²) in [6, 6.07) is 11.1. The molecule has 114 valence electrons. The maximum atomic E-state index is 12.3. The summed E-state index contributed by atoms with van der Waals surface area (Å²) in [6.45, 7) is 0. The van der Waals surface area contributed by atoms with Gasteiger partial charge in [0.05, 0.1) is 24.5 Å². The lowest BCUT2D eigenvalue weighted by Crippen LogP contribution is -2.09. The molecule has 0 fully saturated rings. The summed E-state index contributed by atoms with van der Waals surface area (Å²) in [6.07, 6.45) is 1.66. The molecule has 0 aliphatic carbocycles. The number of fused-ring (bicyclic) bond motifs is 1. The number of benzene rings is 2. The van der Waals surface area contributed by atoms with Crippen molar-refractivity contribution in [1.29, 1.82) is 0 Å². The van der Waals surface area contributed by atoms with Gasteiger partial charge in [-0.3, -0.25) is 0 Å². The monoisotopic (exact) mass is 318 g/mol. The first-order chi connectivity index (χ1) is 10.5. The summed E-state index contributed by atoms with van der Waals surface area (Å²) in [7, 11) is -0.585. The van der Waals surface area contributed by atoms with Crippen LogP contribution in [0.25, 0.3) is 11.0 Å². The number of nitrogens with zero attached hydrogens (tertiary/aromatic N) is 2. The topological polar surface area (TPSA) is 70.4 Å². The maximum absolute atomic E-state index is 12.3. The summed E-state index contributed by atoms with van der Waals surface area (Å²) in [5.74, 6) is 0.666. The van der Waals surface area contributed by atoms with Crippen LogP contribution in [-0.2, 0) is 17.2 Å². The fraction of sp³-hybridized carbons (Fsp3) is 0.133. The highest BCUT2D eigenvalue weighted by molar-refractivity contribution is 7.87. The van der Waals surface area contributed by atoms with E-state index >= 15 is 0 Å². The van der Waals surface area contributed by atoms with E-state index in [-0.39, 0.29) is 10.6 Å². The molecule has 22 heavy (non-hydrogen) atoms. The lowest BCUT2D eigenvalue weighted by atomic mass is 10.3. The van der Waals surface area contributed by atoms with Gasteiger partial charge in [0.1, 0.15) is 16.4 Å². The summed E-state index contributed by atoms with van der Waals surface area (Å²) in [4.78, 5) is 4.21. The Morgan fingerprint density at radius 3 is 2.68 bits per heavy atom. The van der Waals surface area contributed by atoms with Crippen molar-refractivity contribution in [2.75, 3.05) is 7.11 Å². The average Bonchev–Trinajstić information content (AvgIpc) is 2.88. The number of aromatic nitrogens is 2. The largest absolute Gasteiger partial charge is 0.497 e.